The molecule has 0 bridgehead atoms. The molecule has 2 unspecified atom stereocenters. The van der Waals surface area contributed by atoms with Crippen molar-refractivity contribution in [3.8, 4) is 0 Å². The Hall–Kier alpha value is -1.42. The fraction of sp³-hybridized carbons (Fsp3) is 0.538. The summed E-state index contributed by atoms with van der Waals surface area (Å²) in [6, 6.07) is 3.30. The standard InChI is InChI=1S/C13H18N2O2/c1-2-7-15-8-5-11(12(15)13(16)17)10-4-3-6-14-9-10/h3-4,6,9,11-12H,2,5,7-8H2,1H3,(H,16,17)/p-1. The zero-order valence-corrected chi connectivity index (χ0v) is 10.0. The summed E-state index contributed by atoms with van der Waals surface area (Å²) in [6.07, 6.45) is 5.29. The number of hydrogen-bond acceptors (Lipinski definition) is 4. The number of aliphatic carboxylic acids is 1. The Morgan fingerprint density at radius 3 is 3.06 bits per heavy atom. The molecule has 1 aromatic heterocycles. The summed E-state index contributed by atoms with van der Waals surface area (Å²) in [6.45, 7) is 3.70. The van der Waals surface area contributed by atoms with Gasteiger partial charge in [-0.05, 0) is 37.6 Å². The number of pyridine rings is 1. The molecule has 1 fully saturated rings. The van der Waals surface area contributed by atoms with E-state index in [0.29, 0.717) is 0 Å². The van der Waals surface area contributed by atoms with Gasteiger partial charge in [0.15, 0.2) is 0 Å². The van der Waals surface area contributed by atoms with Gasteiger partial charge in [-0.1, -0.05) is 13.0 Å². The van der Waals surface area contributed by atoms with Gasteiger partial charge in [-0.25, -0.2) is 0 Å². The number of nitrogens with zero attached hydrogens (tertiary/aromatic N) is 2. The number of rotatable bonds is 4. The predicted octanol–water partition coefficient (Wildman–Crippen LogP) is 0.399. The first-order valence-corrected chi connectivity index (χ1v) is 6.09. The molecule has 92 valence electrons. The number of hydrogen-bond donors (Lipinski definition) is 0. The SMILES string of the molecule is CCCN1CCC(c2cccnc2)C1C(=O)[O-]. The molecule has 2 atom stereocenters. The lowest BCUT2D eigenvalue weighted by atomic mass is 9.93. The third-order valence-electron chi connectivity index (χ3n) is 3.37. The summed E-state index contributed by atoms with van der Waals surface area (Å²) in [4.78, 5) is 17.4. The van der Waals surface area contributed by atoms with Crippen LogP contribution >= 0.6 is 0 Å². The van der Waals surface area contributed by atoms with Crippen LogP contribution < -0.4 is 5.11 Å². The average molecular weight is 233 g/mol. The van der Waals surface area contributed by atoms with Crippen LogP contribution in [0.2, 0.25) is 0 Å². The van der Waals surface area contributed by atoms with E-state index in [1.165, 1.54) is 0 Å². The molecule has 1 aromatic rings. The molecule has 2 heterocycles. The third kappa shape index (κ3) is 2.47. The summed E-state index contributed by atoms with van der Waals surface area (Å²) in [5, 5.41) is 11.3. The van der Waals surface area contributed by atoms with Crippen molar-refractivity contribution in [3.05, 3.63) is 30.1 Å². The van der Waals surface area contributed by atoms with Crippen molar-refractivity contribution in [2.75, 3.05) is 13.1 Å². The minimum absolute atomic E-state index is 0.0141. The highest BCUT2D eigenvalue weighted by molar-refractivity contribution is 5.73. The van der Waals surface area contributed by atoms with Crippen molar-refractivity contribution in [1.29, 1.82) is 0 Å². The molecule has 0 aliphatic carbocycles. The molecule has 1 aliphatic rings. The van der Waals surface area contributed by atoms with Gasteiger partial charge >= 0.3 is 0 Å². The van der Waals surface area contributed by atoms with Gasteiger partial charge in [0.25, 0.3) is 0 Å². The van der Waals surface area contributed by atoms with Crippen LogP contribution in [0.15, 0.2) is 24.5 Å². The first-order valence-electron chi connectivity index (χ1n) is 6.09. The fourth-order valence-electron chi connectivity index (χ4n) is 2.65. The van der Waals surface area contributed by atoms with Gasteiger partial charge in [-0.2, -0.15) is 0 Å². The highest BCUT2D eigenvalue weighted by atomic mass is 16.4. The Bertz CT molecular complexity index is 380. The van der Waals surface area contributed by atoms with Crippen LogP contribution in [-0.4, -0.2) is 35.0 Å². The quantitative estimate of drug-likeness (QED) is 0.755. The van der Waals surface area contributed by atoms with E-state index in [-0.39, 0.29) is 5.92 Å². The van der Waals surface area contributed by atoms with Gasteiger partial charge in [0, 0.05) is 18.3 Å². The van der Waals surface area contributed by atoms with Crippen LogP contribution in [0.3, 0.4) is 0 Å². The largest absolute Gasteiger partial charge is 0.548 e. The average Bonchev–Trinajstić information content (AvgIpc) is 2.74. The Labute approximate surface area is 101 Å². The van der Waals surface area contributed by atoms with Gasteiger partial charge in [0.1, 0.15) is 0 Å². The van der Waals surface area contributed by atoms with Gasteiger partial charge < -0.3 is 9.90 Å². The Kier molecular flexibility index (Phi) is 3.74. The summed E-state index contributed by atoms with van der Waals surface area (Å²) in [5.41, 5.74) is 1.00. The monoisotopic (exact) mass is 233 g/mol. The summed E-state index contributed by atoms with van der Waals surface area (Å²) in [7, 11) is 0. The topological polar surface area (TPSA) is 56.3 Å². The smallest absolute Gasteiger partial charge is 0.0592 e. The van der Waals surface area contributed by atoms with E-state index < -0.39 is 12.0 Å². The molecule has 0 radical (unpaired) electrons. The highest BCUT2D eigenvalue weighted by Crippen LogP contribution is 2.32. The van der Waals surface area contributed by atoms with E-state index in [4.69, 9.17) is 0 Å². The van der Waals surface area contributed by atoms with Crippen molar-refractivity contribution in [1.82, 2.24) is 9.88 Å². The first kappa shape index (κ1) is 12.0. The zero-order valence-electron chi connectivity index (χ0n) is 10.0. The van der Waals surface area contributed by atoms with Crippen LogP contribution in [0.4, 0.5) is 0 Å². The van der Waals surface area contributed by atoms with E-state index in [1.807, 2.05) is 17.0 Å². The highest BCUT2D eigenvalue weighted by Gasteiger charge is 2.35. The van der Waals surface area contributed by atoms with Crippen molar-refractivity contribution in [2.45, 2.75) is 31.7 Å². The van der Waals surface area contributed by atoms with Gasteiger partial charge in [0.2, 0.25) is 0 Å². The number of aromatic nitrogens is 1. The second-order valence-electron chi connectivity index (χ2n) is 4.48. The van der Waals surface area contributed by atoms with Crippen LogP contribution in [0, 0.1) is 0 Å². The number of carboxylic acid groups (broad SMARTS) is 1. The van der Waals surface area contributed by atoms with Gasteiger partial charge in [-0.3, -0.25) is 9.88 Å². The Morgan fingerprint density at radius 1 is 1.65 bits per heavy atom. The molecule has 0 saturated carbocycles. The second-order valence-corrected chi connectivity index (χ2v) is 4.48. The number of carbonyl (C=O) groups excluding carboxylic acids is 1. The van der Waals surface area contributed by atoms with E-state index >= 15 is 0 Å². The summed E-state index contributed by atoms with van der Waals surface area (Å²) < 4.78 is 0. The van der Waals surface area contributed by atoms with Crippen LogP contribution in [0.1, 0.15) is 31.2 Å². The molecule has 4 heteroatoms. The maximum absolute atomic E-state index is 11.3. The fourth-order valence-corrected chi connectivity index (χ4v) is 2.65. The molecule has 0 N–H and O–H groups in total. The van der Waals surface area contributed by atoms with E-state index in [9.17, 15) is 9.90 Å². The van der Waals surface area contributed by atoms with Crippen LogP contribution in [0.5, 0.6) is 0 Å². The Morgan fingerprint density at radius 2 is 2.47 bits per heavy atom. The molecule has 1 saturated heterocycles. The zero-order chi connectivity index (χ0) is 12.3. The third-order valence-corrected chi connectivity index (χ3v) is 3.37. The van der Waals surface area contributed by atoms with Crippen molar-refractivity contribution in [3.63, 3.8) is 0 Å². The predicted molar refractivity (Wildman–Crippen MR) is 62.3 cm³/mol. The molecule has 1 aliphatic heterocycles. The number of carboxylic acids is 1. The first-order chi connectivity index (χ1) is 8.24. The molecule has 0 spiro atoms. The summed E-state index contributed by atoms with van der Waals surface area (Å²) in [5.74, 6) is -0.954. The lowest BCUT2D eigenvalue weighted by Crippen LogP contribution is -2.47. The van der Waals surface area contributed by atoms with E-state index in [2.05, 4.69) is 11.9 Å². The second kappa shape index (κ2) is 5.27. The number of likely N-dealkylation sites (tertiary alicyclic amines) is 1. The van der Waals surface area contributed by atoms with Crippen molar-refractivity contribution >= 4 is 5.97 Å². The van der Waals surface area contributed by atoms with Crippen molar-refractivity contribution in [2.24, 2.45) is 0 Å². The number of carbonyl (C=O) groups is 1. The normalized spacial score (nSPS) is 25.0. The molecular weight excluding hydrogens is 216 g/mol. The minimum atomic E-state index is -0.968. The van der Waals surface area contributed by atoms with E-state index in [1.54, 1.807) is 12.4 Å². The molecule has 4 nitrogen and oxygen atoms in total. The lowest BCUT2D eigenvalue weighted by molar-refractivity contribution is -0.311. The molecule has 0 aromatic carbocycles. The van der Waals surface area contributed by atoms with Crippen LogP contribution in [-0.2, 0) is 4.79 Å². The summed E-state index contributed by atoms with van der Waals surface area (Å²) >= 11 is 0. The van der Waals surface area contributed by atoms with Crippen molar-refractivity contribution < 1.29 is 9.90 Å². The van der Waals surface area contributed by atoms with E-state index in [0.717, 1.165) is 31.5 Å². The maximum Gasteiger partial charge on any atom is 0.0592 e. The molecular formula is C13H17N2O2-. The molecule has 2 rings (SSSR count). The Balaban J connectivity index is 2.21. The minimum Gasteiger partial charge on any atom is -0.548 e. The van der Waals surface area contributed by atoms with Crippen LogP contribution in [0.25, 0.3) is 0 Å². The molecule has 17 heavy (non-hydrogen) atoms. The maximum atomic E-state index is 11.3. The van der Waals surface area contributed by atoms with Gasteiger partial charge in [-0.15, -0.1) is 0 Å². The lowest BCUT2D eigenvalue weighted by Gasteiger charge is -2.28. The van der Waals surface area contributed by atoms with Gasteiger partial charge in [0.05, 0.1) is 12.0 Å². The molecule has 0 amide bonds.